The lowest BCUT2D eigenvalue weighted by Gasteiger charge is -2.03. The lowest BCUT2D eigenvalue weighted by molar-refractivity contribution is 0.477. The van der Waals surface area contributed by atoms with Gasteiger partial charge in [-0.3, -0.25) is 0 Å². The molecule has 0 amide bonds. The average molecular weight is 204 g/mol. The Kier molecular flexibility index (Phi) is 2.42. The van der Waals surface area contributed by atoms with Crippen molar-refractivity contribution in [2.45, 2.75) is 0 Å². The molecule has 0 bridgehead atoms. The molecule has 1 radical (unpaired) electrons. The molecule has 0 unspecified atom stereocenters. The minimum absolute atomic E-state index is 0.217. The van der Waals surface area contributed by atoms with Gasteiger partial charge >= 0.3 is 0 Å². The first-order chi connectivity index (χ1) is 6.77. The van der Waals surface area contributed by atoms with E-state index in [1.165, 1.54) is 6.07 Å². The Bertz CT molecular complexity index is 452. The molecule has 2 aromatic rings. The maximum atomic E-state index is 9.58. The molecule has 2 rings (SSSR count). The van der Waals surface area contributed by atoms with Gasteiger partial charge in [0, 0.05) is 10.6 Å². The van der Waals surface area contributed by atoms with Crippen LogP contribution in [-0.4, -0.2) is 5.11 Å². The van der Waals surface area contributed by atoms with Crippen molar-refractivity contribution in [3.63, 3.8) is 0 Å². The van der Waals surface area contributed by atoms with Gasteiger partial charge in [-0.25, -0.2) is 0 Å². The molecule has 0 saturated carbocycles. The molecule has 0 fully saturated rings. The van der Waals surface area contributed by atoms with Crippen molar-refractivity contribution in [3.05, 3.63) is 53.6 Å². The Hall–Kier alpha value is -1.47. The molecule has 0 spiro atoms. The van der Waals surface area contributed by atoms with Crippen molar-refractivity contribution in [2.24, 2.45) is 0 Å². The number of hydrogen-bond donors (Lipinski definition) is 1. The zero-order valence-corrected chi connectivity index (χ0v) is 8.12. The van der Waals surface area contributed by atoms with Crippen LogP contribution >= 0.6 is 11.6 Å². The SMILES string of the molecule is Oc1c[c]ccc1-c1cccc(Cl)c1. The van der Waals surface area contributed by atoms with Crippen LogP contribution in [0.3, 0.4) is 0 Å². The quantitative estimate of drug-likeness (QED) is 0.752. The third kappa shape index (κ3) is 1.73. The Labute approximate surface area is 87.6 Å². The molecule has 0 atom stereocenters. The van der Waals surface area contributed by atoms with Gasteiger partial charge in [0.1, 0.15) is 5.75 Å². The molecule has 2 heteroatoms. The first-order valence-corrected chi connectivity index (χ1v) is 4.60. The normalized spacial score (nSPS) is 10.1. The molecule has 0 aliphatic rings. The maximum absolute atomic E-state index is 9.58. The maximum Gasteiger partial charge on any atom is 0.124 e. The summed E-state index contributed by atoms with van der Waals surface area (Å²) in [6.07, 6.45) is 0. The summed E-state index contributed by atoms with van der Waals surface area (Å²) < 4.78 is 0. The van der Waals surface area contributed by atoms with Crippen LogP contribution in [0.1, 0.15) is 0 Å². The Morgan fingerprint density at radius 3 is 2.79 bits per heavy atom. The summed E-state index contributed by atoms with van der Waals surface area (Å²) in [4.78, 5) is 0. The van der Waals surface area contributed by atoms with E-state index in [4.69, 9.17) is 11.6 Å². The fourth-order valence-corrected chi connectivity index (χ4v) is 1.51. The first-order valence-electron chi connectivity index (χ1n) is 4.22. The fraction of sp³-hybridized carbons (Fsp3) is 0. The molecule has 14 heavy (non-hydrogen) atoms. The second-order valence-electron chi connectivity index (χ2n) is 2.95. The third-order valence-electron chi connectivity index (χ3n) is 1.98. The van der Waals surface area contributed by atoms with E-state index in [2.05, 4.69) is 6.07 Å². The molecule has 1 N–H and O–H groups in total. The largest absolute Gasteiger partial charge is 0.507 e. The molecule has 0 aliphatic carbocycles. The Balaban J connectivity index is 2.55. The van der Waals surface area contributed by atoms with E-state index in [9.17, 15) is 5.11 Å². The molecule has 0 aromatic heterocycles. The number of halogens is 1. The molecule has 69 valence electrons. The van der Waals surface area contributed by atoms with Crippen LogP contribution in [0.25, 0.3) is 11.1 Å². The Morgan fingerprint density at radius 2 is 2.07 bits per heavy atom. The molecule has 0 aliphatic heterocycles. The van der Waals surface area contributed by atoms with Gasteiger partial charge in [0.25, 0.3) is 0 Å². The van der Waals surface area contributed by atoms with Crippen LogP contribution < -0.4 is 0 Å². The monoisotopic (exact) mass is 203 g/mol. The van der Waals surface area contributed by atoms with Crippen LogP contribution in [-0.2, 0) is 0 Å². The number of rotatable bonds is 1. The summed E-state index contributed by atoms with van der Waals surface area (Å²) in [6, 6.07) is 15.3. The predicted octanol–water partition coefficient (Wildman–Crippen LogP) is 3.51. The van der Waals surface area contributed by atoms with Crippen molar-refractivity contribution >= 4 is 11.6 Å². The lowest BCUT2D eigenvalue weighted by Crippen LogP contribution is -1.78. The van der Waals surface area contributed by atoms with E-state index in [1.54, 1.807) is 18.2 Å². The molecular formula is C12H8ClO. The van der Waals surface area contributed by atoms with Crippen LogP contribution in [0.2, 0.25) is 5.02 Å². The zero-order valence-electron chi connectivity index (χ0n) is 7.37. The smallest absolute Gasteiger partial charge is 0.124 e. The predicted molar refractivity (Wildman–Crippen MR) is 57.4 cm³/mol. The van der Waals surface area contributed by atoms with Gasteiger partial charge in [-0.15, -0.1) is 0 Å². The minimum Gasteiger partial charge on any atom is -0.507 e. The van der Waals surface area contributed by atoms with Crippen LogP contribution in [0.5, 0.6) is 5.75 Å². The lowest BCUT2D eigenvalue weighted by atomic mass is 10.1. The summed E-state index contributed by atoms with van der Waals surface area (Å²) >= 11 is 5.86. The first kappa shape index (κ1) is 9.10. The van der Waals surface area contributed by atoms with Crippen molar-refractivity contribution in [2.75, 3.05) is 0 Å². The molecule has 0 heterocycles. The van der Waals surface area contributed by atoms with E-state index in [-0.39, 0.29) is 5.75 Å². The highest BCUT2D eigenvalue weighted by Crippen LogP contribution is 2.29. The number of benzene rings is 2. The Morgan fingerprint density at radius 1 is 1.21 bits per heavy atom. The number of phenols is 1. The second kappa shape index (κ2) is 3.72. The van der Waals surface area contributed by atoms with Crippen molar-refractivity contribution in [1.82, 2.24) is 0 Å². The summed E-state index contributed by atoms with van der Waals surface area (Å²) in [5, 5.41) is 10.2. The van der Waals surface area contributed by atoms with Crippen LogP contribution in [0.4, 0.5) is 0 Å². The molecular weight excluding hydrogens is 196 g/mol. The zero-order chi connectivity index (χ0) is 9.97. The highest BCUT2D eigenvalue weighted by Gasteiger charge is 2.02. The topological polar surface area (TPSA) is 20.2 Å². The molecule has 0 saturated heterocycles. The van der Waals surface area contributed by atoms with E-state index in [0.717, 1.165) is 11.1 Å². The molecule has 2 aromatic carbocycles. The van der Waals surface area contributed by atoms with Gasteiger partial charge < -0.3 is 5.11 Å². The fourth-order valence-electron chi connectivity index (χ4n) is 1.32. The summed E-state index contributed by atoms with van der Waals surface area (Å²) in [5.41, 5.74) is 1.68. The van der Waals surface area contributed by atoms with Gasteiger partial charge in [0.2, 0.25) is 0 Å². The van der Waals surface area contributed by atoms with E-state index >= 15 is 0 Å². The van der Waals surface area contributed by atoms with Crippen LogP contribution in [0, 0.1) is 6.07 Å². The van der Waals surface area contributed by atoms with Crippen molar-refractivity contribution in [1.29, 1.82) is 0 Å². The standard InChI is InChI=1S/C12H8ClO/c13-10-5-3-4-9(8-10)11-6-1-2-7-12(11)14/h1,3-8,14H. The average Bonchev–Trinajstić information content (AvgIpc) is 2.18. The van der Waals surface area contributed by atoms with Gasteiger partial charge in [0.05, 0.1) is 0 Å². The summed E-state index contributed by atoms with van der Waals surface area (Å²) in [6.45, 7) is 0. The summed E-state index contributed by atoms with van der Waals surface area (Å²) in [5.74, 6) is 0.217. The highest BCUT2D eigenvalue weighted by atomic mass is 35.5. The number of hydrogen-bond acceptors (Lipinski definition) is 1. The van der Waals surface area contributed by atoms with Gasteiger partial charge in [-0.05, 0) is 29.8 Å². The minimum atomic E-state index is 0.217. The second-order valence-corrected chi connectivity index (χ2v) is 3.39. The number of aromatic hydroxyl groups is 1. The van der Waals surface area contributed by atoms with Gasteiger partial charge in [0.15, 0.2) is 0 Å². The summed E-state index contributed by atoms with van der Waals surface area (Å²) in [7, 11) is 0. The molecule has 1 nitrogen and oxygen atoms in total. The number of phenolic OH excluding ortho intramolecular Hbond substituents is 1. The van der Waals surface area contributed by atoms with Crippen molar-refractivity contribution in [3.8, 4) is 16.9 Å². The van der Waals surface area contributed by atoms with E-state index in [1.807, 2.05) is 18.2 Å². The highest BCUT2D eigenvalue weighted by molar-refractivity contribution is 6.30. The van der Waals surface area contributed by atoms with E-state index in [0.29, 0.717) is 5.02 Å². The van der Waals surface area contributed by atoms with Crippen molar-refractivity contribution < 1.29 is 5.11 Å². The van der Waals surface area contributed by atoms with Gasteiger partial charge in [-0.2, -0.15) is 0 Å². The third-order valence-corrected chi connectivity index (χ3v) is 2.21. The van der Waals surface area contributed by atoms with Gasteiger partial charge in [-0.1, -0.05) is 35.9 Å². The van der Waals surface area contributed by atoms with E-state index < -0.39 is 0 Å². The van der Waals surface area contributed by atoms with Crippen LogP contribution in [0.15, 0.2) is 42.5 Å².